The van der Waals surface area contributed by atoms with Crippen LogP contribution in [0.5, 0.6) is 5.75 Å². The molecule has 0 heterocycles. The molecule has 0 atom stereocenters. The summed E-state index contributed by atoms with van der Waals surface area (Å²) in [4.78, 5) is 11.3. The maximum absolute atomic E-state index is 11.3. The van der Waals surface area contributed by atoms with Crippen molar-refractivity contribution < 1.29 is 9.53 Å². The number of carbonyl (C=O) groups excluding carboxylic acids is 1. The Morgan fingerprint density at radius 1 is 1.38 bits per heavy atom. The molecule has 0 fully saturated rings. The van der Waals surface area contributed by atoms with E-state index >= 15 is 0 Å². The number of amides is 1. The van der Waals surface area contributed by atoms with Gasteiger partial charge < -0.3 is 10.5 Å². The van der Waals surface area contributed by atoms with Crippen LogP contribution in [0.1, 0.15) is 35.3 Å². The zero-order chi connectivity index (χ0) is 12.3. The highest BCUT2D eigenvalue weighted by atomic mass is 79.9. The summed E-state index contributed by atoms with van der Waals surface area (Å²) in [7, 11) is 1.60. The van der Waals surface area contributed by atoms with E-state index in [0.717, 1.165) is 34.2 Å². The van der Waals surface area contributed by atoms with Crippen LogP contribution in [-0.2, 0) is 12.8 Å². The number of carbonyl (C=O) groups is 1. The van der Waals surface area contributed by atoms with Gasteiger partial charge in [0.05, 0.1) is 12.7 Å². The van der Waals surface area contributed by atoms with Crippen molar-refractivity contribution >= 4 is 21.8 Å². The Morgan fingerprint density at radius 3 is 2.31 bits per heavy atom. The minimum absolute atomic E-state index is 0.442. The van der Waals surface area contributed by atoms with Gasteiger partial charge in [-0.25, -0.2) is 0 Å². The van der Waals surface area contributed by atoms with E-state index in [9.17, 15) is 4.79 Å². The fourth-order valence-electron chi connectivity index (χ4n) is 1.84. The van der Waals surface area contributed by atoms with Crippen LogP contribution in [-0.4, -0.2) is 13.0 Å². The smallest absolute Gasteiger partial charge is 0.249 e. The van der Waals surface area contributed by atoms with Gasteiger partial charge in [0, 0.05) is 4.47 Å². The molecule has 0 unspecified atom stereocenters. The van der Waals surface area contributed by atoms with Crippen LogP contribution >= 0.6 is 15.9 Å². The maximum atomic E-state index is 11.3. The number of hydrogen-bond acceptors (Lipinski definition) is 2. The number of primary amides is 1. The largest absolute Gasteiger partial charge is 0.496 e. The molecule has 1 aromatic rings. The lowest BCUT2D eigenvalue weighted by atomic mass is 9.98. The molecule has 1 amide bonds. The summed E-state index contributed by atoms with van der Waals surface area (Å²) in [6.45, 7) is 4.11. The summed E-state index contributed by atoms with van der Waals surface area (Å²) in [6, 6.07) is 1.70. The van der Waals surface area contributed by atoms with E-state index in [-0.39, 0.29) is 0 Å². The molecule has 88 valence electrons. The Labute approximate surface area is 104 Å². The number of rotatable bonds is 4. The molecule has 0 spiro atoms. The van der Waals surface area contributed by atoms with Gasteiger partial charge in [0.1, 0.15) is 5.75 Å². The highest BCUT2D eigenvalue weighted by molar-refractivity contribution is 9.10. The molecule has 0 aliphatic rings. The van der Waals surface area contributed by atoms with Crippen molar-refractivity contribution in [3.8, 4) is 5.75 Å². The Balaban J connectivity index is 3.54. The second-order valence-electron chi connectivity index (χ2n) is 3.47. The summed E-state index contributed by atoms with van der Waals surface area (Å²) in [5.74, 6) is 0.291. The maximum Gasteiger partial charge on any atom is 0.249 e. The number of methoxy groups -OCH3 is 1. The first-order valence-corrected chi connectivity index (χ1v) is 6.04. The van der Waals surface area contributed by atoms with E-state index in [2.05, 4.69) is 22.9 Å². The van der Waals surface area contributed by atoms with E-state index in [4.69, 9.17) is 10.5 Å². The predicted octanol–water partition coefficient (Wildman–Crippen LogP) is 2.68. The Morgan fingerprint density at radius 2 is 1.94 bits per heavy atom. The molecular weight excluding hydrogens is 270 g/mol. The van der Waals surface area contributed by atoms with Crippen molar-refractivity contribution in [2.45, 2.75) is 26.7 Å². The highest BCUT2D eigenvalue weighted by Gasteiger charge is 2.17. The zero-order valence-corrected chi connectivity index (χ0v) is 11.3. The Bertz CT molecular complexity index is 416. The molecule has 4 heteroatoms. The predicted molar refractivity (Wildman–Crippen MR) is 68.0 cm³/mol. The fraction of sp³-hybridized carbons (Fsp3) is 0.417. The average Bonchev–Trinajstić information content (AvgIpc) is 2.27. The summed E-state index contributed by atoms with van der Waals surface area (Å²) in [5.41, 5.74) is 8.03. The summed E-state index contributed by atoms with van der Waals surface area (Å²) in [5, 5.41) is 0. The van der Waals surface area contributed by atoms with Crippen molar-refractivity contribution in [3.05, 3.63) is 27.2 Å². The first-order chi connectivity index (χ1) is 7.56. The van der Waals surface area contributed by atoms with Gasteiger partial charge >= 0.3 is 0 Å². The van der Waals surface area contributed by atoms with Crippen molar-refractivity contribution in [1.29, 1.82) is 0 Å². The molecule has 2 N–H and O–H groups in total. The van der Waals surface area contributed by atoms with E-state index in [1.807, 2.05) is 6.92 Å². The second-order valence-corrected chi connectivity index (χ2v) is 4.26. The molecule has 1 aromatic carbocycles. The van der Waals surface area contributed by atoms with Crippen molar-refractivity contribution in [2.75, 3.05) is 7.11 Å². The number of nitrogens with two attached hydrogens (primary N) is 1. The van der Waals surface area contributed by atoms with Crippen LogP contribution in [0.4, 0.5) is 0 Å². The van der Waals surface area contributed by atoms with Gasteiger partial charge in [0.2, 0.25) is 5.91 Å². The highest BCUT2D eigenvalue weighted by Crippen LogP contribution is 2.33. The lowest BCUT2D eigenvalue weighted by molar-refractivity contribution is 0.0999. The minimum Gasteiger partial charge on any atom is -0.496 e. The molecular formula is C12H16BrNO2. The van der Waals surface area contributed by atoms with Crippen LogP contribution in [0.3, 0.4) is 0 Å². The van der Waals surface area contributed by atoms with Crippen LogP contribution in [0.25, 0.3) is 0 Å². The lowest BCUT2D eigenvalue weighted by Gasteiger charge is -2.15. The number of benzene rings is 1. The third kappa shape index (κ3) is 2.21. The van der Waals surface area contributed by atoms with Gasteiger partial charge in [-0.15, -0.1) is 0 Å². The molecule has 3 nitrogen and oxygen atoms in total. The summed E-state index contributed by atoms with van der Waals surface area (Å²) >= 11 is 3.44. The minimum atomic E-state index is -0.442. The van der Waals surface area contributed by atoms with E-state index in [0.29, 0.717) is 5.56 Å². The van der Waals surface area contributed by atoms with Gasteiger partial charge in [0.25, 0.3) is 0 Å². The number of halogens is 1. The van der Waals surface area contributed by atoms with Gasteiger partial charge in [-0.1, -0.05) is 13.8 Å². The monoisotopic (exact) mass is 285 g/mol. The molecule has 16 heavy (non-hydrogen) atoms. The third-order valence-corrected chi connectivity index (χ3v) is 3.54. The number of hydrogen-bond donors (Lipinski definition) is 1. The van der Waals surface area contributed by atoms with E-state index in [1.54, 1.807) is 13.2 Å². The van der Waals surface area contributed by atoms with Gasteiger partial charge in [-0.3, -0.25) is 4.79 Å². The first-order valence-electron chi connectivity index (χ1n) is 5.24. The molecule has 0 saturated carbocycles. The standard InChI is InChI=1S/C12H16BrNO2/c1-4-7-8(5-2)11(13)9(12(14)15)6-10(7)16-3/h6H,4-5H2,1-3H3,(H2,14,15). The fourth-order valence-corrected chi connectivity index (χ4v) is 2.67. The normalized spacial score (nSPS) is 10.2. The molecule has 0 radical (unpaired) electrons. The van der Waals surface area contributed by atoms with Crippen molar-refractivity contribution in [3.63, 3.8) is 0 Å². The third-order valence-electron chi connectivity index (χ3n) is 2.63. The van der Waals surface area contributed by atoms with Gasteiger partial charge in [0.15, 0.2) is 0 Å². The lowest BCUT2D eigenvalue weighted by Crippen LogP contribution is -2.14. The van der Waals surface area contributed by atoms with Crippen LogP contribution in [0, 0.1) is 0 Å². The van der Waals surface area contributed by atoms with Crippen molar-refractivity contribution in [1.82, 2.24) is 0 Å². The van der Waals surface area contributed by atoms with Crippen LogP contribution < -0.4 is 10.5 Å². The summed E-state index contributed by atoms with van der Waals surface area (Å²) < 4.78 is 6.09. The molecule has 0 bridgehead atoms. The van der Waals surface area contributed by atoms with Gasteiger partial charge in [-0.05, 0) is 46.0 Å². The SMILES string of the molecule is CCc1c(OC)cc(C(N)=O)c(Br)c1CC. The molecule has 0 aliphatic carbocycles. The molecule has 0 saturated heterocycles. The Hall–Kier alpha value is -1.03. The van der Waals surface area contributed by atoms with Gasteiger partial charge in [-0.2, -0.15) is 0 Å². The average molecular weight is 286 g/mol. The van der Waals surface area contributed by atoms with Crippen molar-refractivity contribution in [2.24, 2.45) is 5.73 Å². The van der Waals surface area contributed by atoms with Crippen LogP contribution in [0.15, 0.2) is 10.5 Å². The second kappa shape index (κ2) is 5.34. The summed E-state index contributed by atoms with van der Waals surface area (Å²) in [6.07, 6.45) is 1.70. The Kier molecular flexibility index (Phi) is 4.35. The van der Waals surface area contributed by atoms with Crippen LogP contribution in [0.2, 0.25) is 0 Å². The molecule has 0 aromatic heterocycles. The van der Waals surface area contributed by atoms with E-state index < -0.39 is 5.91 Å². The van der Waals surface area contributed by atoms with E-state index in [1.165, 1.54) is 0 Å². The topological polar surface area (TPSA) is 52.3 Å². The number of ether oxygens (including phenoxy) is 1. The zero-order valence-electron chi connectivity index (χ0n) is 9.76. The quantitative estimate of drug-likeness (QED) is 0.925. The molecule has 1 rings (SSSR count). The first kappa shape index (κ1) is 13.0. The molecule has 0 aliphatic heterocycles.